The van der Waals surface area contributed by atoms with Crippen LogP contribution in [-0.4, -0.2) is 9.55 Å². The second kappa shape index (κ2) is 11.3. The molecule has 252 valence electrons. The van der Waals surface area contributed by atoms with Crippen molar-refractivity contribution in [2.24, 2.45) is 7.05 Å². The second-order valence-electron chi connectivity index (χ2n) is 15.5. The van der Waals surface area contributed by atoms with Crippen molar-refractivity contribution < 1.29 is 8.98 Å². The van der Waals surface area contributed by atoms with Crippen LogP contribution in [0.25, 0.3) is 72.6 Å². The van der Waals surface area contributed by atoms with Crippen LogP contribution >= 0.6 is 0 Å². The highest BCUT2D eigenvalue weighted by molar-refractivity contribution is 6.10. The van der Waals surface area contributed by atoms with E-state index in [0.29, 0.717) is 17.5 Å². The van der Waals surface area contributed by atoms with Crippen molar-refractivity contribution in [2.75, 3.05) is 0 Å². The number of aromatic nitrogens is 3. The van der Waals surface area contributed by atoms with E-state index in [4.69, 9.17) is 9.40 Å². The molecule has 0 N–H and O–H groups in total. The highest BCUT2D eigenvalue weighted by atomic mass is 16.3. The quantitative estimate of drug-likeness (QED) is 0.171. The van der Waals surface area contributed by atoms with E-state index in [2.05, 4.69) is 174 Å². The van der Waals surface area contributed by atoms with E-state index >= 15 is 0 Å². The first-order chi connectivity index (χ1) is 24.6. The minimum atomic E-state index is -0.143. The van der Waals surface area contributed by atoms with Gasteiger partial charge in [-0.15, -0.1) is 0 Å². The van der Waals surface area contributed by atoms with Crippen LogP contribution in [0, 0.1) is 6.92 Å². The number of hydrogen-bond donors (Lipinski definition) is 0. The molecule has 51 heavy (non-hydrogen) atoms. The van der Waals surface area contributed by atoms with Crippen molar-refractivity contribution in [3.05, 3.63) is 137 Å². The molecule has 0 aliphatic heterocycles. The molecule has 0 bridgehead atoms. The van der Waals surface area contributed by atoms with Gasteiger partial charge in [-0.3, -0.25) is 0 Å². The summed E-state index contributed by atoms with van der Waals surface area (Å²) < 4.78 is 11.8. The fourth-order valence-corrected chi connectivity index (χ4v) is 8.64. The smallest absolute Gasteiger partial charge is 0.299 e. The molecule has 3 aromatic heterocycles. The molecule has 0 fully saturated rings. The maximum atomic E-state index is 6.96. The summed E-state index contributed by atoms with van der Waals surface area (Å²) in [4.78, 5) is 5.27. The maximum Gasteiger partial charge on any atom is 0.299 e. The summed E-state index contributed by atoms with van der Waals surface area (Å²) in [5, 5.41) is 2.16. The molecule has 8 aromatic rings. The van der Waals surface area contributed by atoms with E-state index in [1.165, 1.54) is 55.7 Å². The summed E-state index contributed by atoms with van der Waals surface area (Å²) in [6.07, 6.45) is 0. The summed E-state index contributed by atoms with van der Waals surface area (Å²) in [6.45, 7) is 16.1. The van der Waals surface area contributed by atoms with Crippen molar-refractivity contribution in [1.82, 2.24) is 9.55 Å². The molecular formula is C47H44N3O+. The fraction of sp³-hybridized carbons (Fsp3) is 0.234. The van der Waals surface area contributed by atoms with Gasteiger partial charge in [-0.25, -0.2) is 9.55 Å². The van der Waals surface area contributed by atoms with E-state index in [1.807, 2.05) is 0 Å². The second-order valence-corrected chi connectivity index (χ2v) is 15.5. The van der Waals surface area contributed by atoms with Crippen LogP contribution in [0.5, 0.6) is 0 Å². The third-order valence-electron chi connectivity index (χ3n) is 11.4. The van der Waals surface area contributed by atoms with Crippen LogP contribution in [0.4, 0.5) is 0 Å². The highest BCUT2D eigenvalue weighted by Gasteiger charge is 2.38. The summed E-state index contributed by atoms with van der Waals surface area (Å²) >= 11 is 0. The van der Waals surface area contributed by atoms with Crippen molar-refractivity contribution in [3.63, 3.8) is 0 Å². The summed E-state index contributed by atoms with van der Waals surface area (Å²) in [7, 11) is 2.20. The van der Waals surface area contributed by atoms with E-state index in [-0.39, 0.29) is 5.41 Å². The molecule has 4 heteroatoms. The Hall–Kier alpha value is -5.48. The predicted octanol–water partition coefficient (Wildman–Crippen LogP) is 11.9. The first kappa shape index (κ1) is 31.5. The van der Waals surface area contributed by atoms with Crippen LogP contribution in [0.3, 0.4) is 0 Å². The molecule has 9 rings (SSSR count). The summed E-state index contributed by atoms with van der Waals surface area (Å²) in [6, 6.07) is 39.9. The number of pyridine rings is 1. The lowest BCUT2D eigenvalue weighted by molar-refractivity contribution is -0.633. The van der Waals surface area contributed by atoms with Crippen LogP contribution in [0.1, 0.15) is 81.2 Å². The summed E-state index contributed by atoms with van der Waals surface area (Å²) in [5.41, 5.74) is 17.2. The largest absolute Gasteiger partial charge is 0.437 e. The number of hydrogen-bond acceptors (Lipinski definition) is 2. The minimum Gasteiger partial charge on any atom is -0.437 e. The zero-order valence-corrected chi connectivity index (χ0v) is 30.8. The Morgan fingerprint density at radius 1 is 0.706 bits per heavy atom. The van der Waals surface area contributed by atoms with Gasteiger partial charge < -0.3 is 4.42 Å². The van der Waals surface area contributed by atoms with Crippen LogP contribution < -0.4 is 4.57 Å². The van der Waals surface area contributed by atoms with Crippen LogP contribution in [-0.2, 0) is 12.5 Å². The Bertz CT molecular complexity index is 2660. The first-order valence-electron chi connectivity index (χ1n) is 18.3. The van der Waals surface area contributed by atoms with E-state index < -0.39 is 0 Å². The van der Waals surface area contributed by atoms with Gasteiger partial charge in [-0.1, -0.05) is 120 Å². The SMILES string of the molecule is Cc1ccc2c(oc3nc4c(cc32)C(C)(C)c2ccccc2-4)c1-c1n(-c2c(C(C)C)cc(-c3ccccc3)cc2C(C)C)c2ccccc2[n+]1C. The maximum absolute atomic E-state index is 6.96. The molecule has 0 unspecified atom stereocenters. The lowest BCUT2D eigenvalue weighted by Gasteiger charge is -2.21. The third kappa shape index (κ3) is 4.51. The fourth-order valence-electron chi connectivity index (χ4n) is 8.64. The van der Waals surface area contributed by atoms with Crippen molar-refractivity contribution in [3.8, 4) is 39.5 Å². The Balaban J connectivity index is 1.38. The Kier molecular flexibility index (Phi) is 6.96. The Morgan fingerprint density at radius 2 is 1.37 bits per heavy atom. The number of para-hydroxylation sites is 2. The molecule has 0 atom stereocenters. The van der Waals surface area contributed by atoms with Crippen molar-refractivity contribution in [2.45, 2.75) is 65.7 Å². The van der Waals surface area contributed by atoms with Gasteiger partial charge >= 0.3 is 0 Å². The Labute approximate surface area is 300 Å². The molecule has 4 nitrogen and oxygen atoms in total. The minimum absolute atomic E-state index is 0.143. The number of nitrogens with zero attached hydrogens (tertiary/aromatic N) is 3. The molecular weight excluding hydrogens is 623 g/mol. The van der Waals surface area contributed by atoms with E-state index in [0.717, 1.165) is 39.0 Å². The number of aryl methyl sites for hydroxylation is 2. The number of fused-ring (bicyclic) bond motifs is 7. The average Bonchev–Trinajstić information content (AvgIpc) is 3.72. The molecule has 0 saturated carbocycles. The molecule has 0 saturated heterocycles. The van der Waals surface area contributed by atoms with Gasteiger partial charge in [0.25, 0.3) is 5.82 Å². The van der Waals surface area contributed by atoms with Gasteiger partial charge in [0.05, 0.1) is 12.7 Å². The van der Waals surface area contributed by atoms with Crippen molar-refractivity contribution in [1.29, 1.82) is 0 Å². The van der Waals surface area contributed by atoms with Gasteiger partial charge in [0, 0.05) is 32.9 Å². The van der Waals surface area contributed by atoms with Gasteiger partial charge in [-0.2, -0.15) is 4.57 Å². The average molecular weight is 667 g/mol. The molecule has 0 spiro atoms. The number of rotatable bonds is 5. The molecule has 1 aliphatic carbocycles. The van der Waals surface area contributed by atoms with Crippen LogP contribution in [0.15, 0.2) is 114 Å². The lowest BCUT2D eigenvalue weighted by atomic mass is 9.82. The molecule has 0 radical (unpaired) electrons. The molecule has 5 aromatic carbocycles. The molecule has 3 heterocycles. The normalized spacial score (nSPS) is 13.6. The zero-order chi connectivity index (χ0) is 35.3. The standard InChI is InChI=1S/C47H44N3O/c1-27(2)34-24-31(30-16-10-9-11-17-30)25-35(28(3)4)43(34)50-40-21-15-14-20-39(40)49(8)46(50)41-29(5)22-23-32-36-26-38-42(48-45(36)51-44(32)41)33-18-12-13-19-37(33)47(38,6)7/h9-28H,1-8H3/q+1. The molecule has 0 amide bonds. The molecule has 1 aliphatic rings. The topological polar surface area (TPSA) is 34.8 Å². The zero-order valence-electron chi connectivity index (χ0n) is 30.8. The number of benzene rings is 5. The van der Waals surface area contributed by atoms with Gasteiger partial charge in [-0.05, 0) is 76.9 Å². The van der Waals surface area contributed by atoms with E-state index in [1.54, 1.807) is 0 Å². The Morgan fingerprint density at radius 3 is 2.10 bits per heavy atom. The number of furan rings is 1. The van der Waals surface area contributed by atoms with Gasteiger partial charge in [0.1, 0.15) is 11.3 Å². The monoisotopic (exact) mass is 666 g/mol. The van der Waals surface area contributed by atoms with E-state index in [9.17, 15) is 0 Å². The van der Waals surface area contributed by atoms with Crippen molar-refractivity contribution >= 4 is 33.1 Å². The highest BCUT2D eigenvalue weighted by Crippen LogP contribution is 2.50. The lowest BCUT2D eigenvalue weighted by Crippen LogP contribution is -2.30. The van der Waals surface area contributed by atoms with Gasteiger partial charge in [0.15, 0.2) is 16.6 Å². The number of imidazole rings is 1. The van der Waals surface area contributed by atoms with Crippen LogP contribution in [0.2, 0.25) is 0 Å². The van der Waals surface area contributed by atoms with Gasteiger partial charge in [0.2, 0.25) is 5.71 Å². The predicted molar refractivity (Wildman–Crippen MR) is 211 cm³/mol. The third-order valence-corrected chi connectivity index (χ3v) is 11.4. The summed E-state index contributed by atoms with van der Waals surface area (Å²) in [5.74, 6) is 1.69. The first-order valence-corrected chi connectivity index (χ1v) is 18.3.